The van der Waals surface area contributed by atoms with E-state index < -0.39 is 0 Å². The molecule has 4 heteroatoms. The molecule has 1 amide bonds. The highest BCUT2D eigenvalue weighted by Gasteiger charge is 2.29. The number of aromatic nitrogens is 1. The molecule has 0 spiro atoms. The third kappa shape index (κ3) is 2.84. The number of hydrogen-bond acceptors (Lipinski definition) is 3. The van der Waals surface area contributed by atoms with Crippen LogP contribution in [0.25, 0.3) is 0 Å². The van der Waals surface area contributed by atoms with Gasteiger partial charge in [0.05, 0.1) is 12.3 Å². The van der Waals surface area contributed by atoms with Crippen LogP contribution >= 0.6 is 0 Å². The summed E-state index contributed by atoms with van der Waals surface area (Å²) in [6, 6.07) is 5.97. The highest BCUT2D eigenvalue weighted by atomic mass is 16.3. The number of amides is 1. The van der Waals surface area contributed by atoms with Gasteiger partial charge in [0.25, 0.3) is 5.91 Å². The lowest BCUT2D eigenvalue weighted by molar-refractivity contribution is 0.0647. The quantitative estimate of drug-likeness (QED) is 0.844. The van der Waals surface area contributed by atoms with Crippen LogP contribution in [0.4, 0.5) is 0 Å². The number of carbonyl (C=O) groups is 1. The third-order valence-electron chi connectivity index (χ3n) is 4.16. The smallest absolute Gasteiger partial charge is 0.290 e. The van der Waals surface area contributed by atoms with Gasteiger partial charge >= 0.3 is 0 Å². The lowest BCUT2D eigenvalue weighted by atomic mass is 10.0. The van der Waals surface area contributed by atoms with E-state index in [1.54, 1.807) is 18.7 Å². The molecule has 21 heavy (non-hydrogen) atoms. The second-order valence-corrected chi connectivity index (χ2v) is 5.58. The van der Waals surface area contributed by atoms with Crippen LogP contribution in [0.3, 0.4) is 0 Å². The number of pyridine rings is 1. The topological polar surface area (TPSA) is 46.3 Å². The van der Waals surface area contributed by atoms with Crippen LogP contribution in [0.5, 0.6) is 0 Å². The van der Waals surface area contributed by atoms with Gasteiger partial charge in [0.15, 0.2) is 5.76 Å². The van der Waals surface area contributed by atoms with Crippen molar-refractivity contribution in [3.05, 3.63) is 53.7 Å². The molecule has 2 aromatic heterocycles. The molecule has 1 atom stereocenters. The van der Waals surface area contributed by atoms with Crippen molar-refractivity contribution >= 4 is 5.91 Å². The first-order valence-corrected chi connectivity index (χ1v) is 7.52. The summed E-state index contributed by atoms with van der Waals surface area (Å²) in [5.74, 6) is 0.470. The minimum absolute atomic E-state index is 0.00112. The zero-order valence-electron chi connectivity index (χ0n) is 12.3. The average Bonchev–Trinajstić information content (AvgIpc) is 2.80. The maximum absolute atomic E-state index is 12.8. The van der Waals surface area contributed by atoms with Crippen LogP contribution in [-0.2, 0) is 0 Å². The molecular weight excluding hydrogens is 264 g/mol. The van der Waals surface area contributed by atoms with E-state index in [2.05, 4.69) is 4.98 Å². The van der Waals surface area contributed by atoms with E-state index in [9.17, 15) is 4.79 Å². The summed E-state index contributed by atoms with van der Waals surface area (Å²) in [5.41, 5.74) is 2.06. The zero-order valence-corrected chi connectivity index (χ0v) is 12.3. The maximum Gasteiger partial charge on any atom is 0.290 e. The fourth-order valence-corrected chi connectivity index (χ4v) is 3.01. The molecule has 0 aliphatic carbocycles. The van der Waals surface area contributed by atoms with Crippen molar-refractivity contribution in [2.45, 2.75) is 38.6 Å². The highest BCUT2D eigenvalue weighted by Crippen LogP contribution is 2.31. The third-order valence-corrected chi connectivity index (χ3v) is 4.16. The summed E-state index contributed by atoms with van der Waals surface area (Å²) in [6.07, 6.45) is 9.53. The van der Waals surface area contributed by atoms with Gasteiger partial charge in [-0.25, -0.2) is 0 Å². The first-order valence-electron chi connectivity index (χ1n) is 7.52. The van der Waals surface area contributed by atoms with Crippen LogP contribution in [0, 0.1) is 6.92 Å². The molecule has 0 radical (unpaired) electrons. The molecule has 110 valence electrons. The number of rotatable bonds is 2. The minimum atomic E-state index is 0.00112. The Labute approximate surface area is 124 Å². The molecule has 2 aromatic rings. The van der Waals surface area contributed by atoms with Crippen LogP contribution in [0.2, 0.25) is 0 Å². The van der Waals surface area contributed by atoms with Gasteiger partial charge in [-0.3, -0.25) is 9.78 Å². The summed E-state index contributed by atoms with van der Waals surface area (Å²) >= 11 is 0. The van der Waals surface area contributed by atoms with Gasteiger partial charge in [0.1, 0.15) is 0 Å². The molecule has 3 heterocycles. The number of nitrogens with zero attached hydrogens (tertiary/aromatic N) is 2. The molecule has 0 bridgehead atoms. The highest BCUT2D eigenvalue weighted by molar-refractivity contribution is 5.93. The summed E-state index contributed by atoms with van der Waals surface area (Å²) in [4.78, 5) is 18.9. The second kappa shape index (κ2) is 6.12. The normalized spacial score (nSPS) is 19.3. The average molecular weight is 284 g/mol. The lowest BCUT2D eigenvalue weighted by Crippen LogP contribution is -2.35. The maximum atomic E-state index is 12.8. The van der Waals surface area contributed by atoms with Crippen molar-refractivity contribution in [3.63, 3.8) is 0 Å². The second-order valence-electron chi connectivity index (χ2n) is 5.58. The number of furan rings is 1. The van der Waals surface area contributed by atoms with E-state index in [1.165, 1.54) is 6.42 Å². The Morgan fingerprint density at radius 3 is 2.76 bits per heavy atom. The van der Waals surface area contributed by atoms with Crippen LogP contribution < -0.4 is 0 Å². The van der Waals surface area contributed by atoms with Gasteiger partial charge in [-0.15, -0.1) is 0 Å². The van der Waals surface area contributed by atoms with Crippen molar-refractivity contribution in [2.75, 3.05) is 6.54 Å². The molecule has 0 aromatic carbocycles. The molecule has 0 saturated carbocycles. The van der Waals surface area contributed by atoms with Crippen molar-refractivity contribution in [2.24, 2.45) is 0 Å². The van der Waals surface area contributed by atoms with Gasteiger partial charge in [-0.2, -0.15) is 0 Å². The van der Waals surface area contributed by atoms with Crippen molar-refractivity contribution < 1.29 is 9.21 Å². The van der Waals surface area contributed by atoms with E-state index >= 15 is 0 Å². The van der Waals surface area contributed by atoms with Crippen molar-refractivity contribution in [1.82, 2.24) is 9.88 Å². The van der Waals surface area contributed by atoms with Gasteiger partial charge in [0.2, 0.25) is 0 Å². The monoisotopic (exact) mass is 284 g/mol. The SMILES string of the molecule is Cc1ccoc1C(=O)N1CCCCC[C@@H]1c1ccncc1. The zero-order chi connectivity index (χ0) is 14.7. The van der Waals surface area contributed by atoms with E-state index in [1.807, 2.05) is 30.0 Å². The minimum Gasteiger partial charge on any atom is -0.459 e. The van der Waals surface area contributed by atoms with E-state index in [-0.39, 0.29) is 11.9 Å². The molecule has 4 nitrogen and oxygen atoms in total. The Balaban J connectivity index is 1.92. The van der Waals surface area contributed by atoms with Crippen molar-refractivity contribution in [3.8, 4) is 0 Å². The van der Waals surface area contributed by atoms with Crippen LogP contribution in [0.15, 0.2) is 41.3 Å². The summed E-state index contributed by atoms with van der Waals surface area (Å²) < 4.78 is 5.40. The molecule has 1 aliphatic rings. The number of likely N-dealkylation sites (tertiary alicyclic amines) is 1. The van der Waals surface area contributed by atoms with Gasteiger partial charge < -0.3 is 9.32 Å². The summed E-state index contributed by atoms with van der Waals surface area (Å²) in [5, 5.41) is 0. The van der Waals surface area contributed by atoms with E-state index in [0.717, 1.165) is 36.9 Å². The Morgan fingerprint density at radius 1 is 1.24 bits per heavy atom. The van der Waals surface area contributed by atoms with Gasteiger partial charge in [-0.05, 0) is 43.5 Å². The number of carbonyl (C=O) groups excluding carboxylic acids is 1. The number of aryl methyl sites for hydroxylation is 1. The Morgan fingerprint density at radius 2 is 2.05 bits per heavy atom. The Bertz CT molecular complexity index is 606. The van der Waals surface area contributed by atoms with Crippen LogP contribution in [-0.4, -0.2) is 22.3 Å². The summed E-state index contributed by atoms with van der Waals surface area (Å²) in [7, 11) is 0. The lowest BCUT2D eigenvalue weighted by Gasteiger charge is -2.30. The first-order chi connectivity index (χ1) is 10.3. The first kappa shape index (κ1) is 13.9. The summed E-state index contributed by atoms with van der Waals surface area (Å²) in [6.45, 7) is 2.70. The van der Waals surface area contributed by atoms with E-state index in [0.29, 0.717) is 5.76 Å². The molecule has 0 unspecified atom stereocenters. The molecule has 1 fully saturated rings. The van der Waals surface area contributed by atoms with Crippen LogP contribution in [0.1, 0.15) is 53.4 Å². The molecule has 3 rings (SSSR count). The number of hydrogen-bond donors (Lipinski definition) is 0. The Hall–Kier alpha value is -2.10. The standard InChI is InChI=1S/C17H20N2O2/c1-13-8-12-21-16(13)17(20)19-11-4-2-3-5-15(19)14-6-9-18-10-7-14/h6-10,12,15H,2-5,11H2,1H3/t15-/m1/s1. The molecular formula is C17H20N2O2. The predicted molar refractivity (Wildman–Crippen MR) is 79.9 cm³/mol. The molecule has 1 aliphatic heterocycles. The van der Waals surface area contributed by atoms with Gasteiger partial charge in [0, 0.05) is 24.5 Å². The fourth-order valence-electron chi connectivity index (χ4n) is 3.01. The van der Waals surface area contributed by atoms with E-state index in [4.69, 9.17) is 4.42 Å². The fraction of sp³-hybridized carbons (Fsp3) is 0.412. The predicted octanol–water partition coefficient (Wildman–Crippen LogP) is 3.74. The molecule has 1 saturated heterocycles. The van der Waals surface area contributed by atoms with Gasteiger partial charge in [-0.1, -0.05) is 12.8 Å². The van der Waals surface area contributed by atoms with Crippen molar-refractivity contribution in [1.29, 1.82) is 0 Å². The largest absolute Gasteiger partial charge is 0.459 e. The molecule has 0 N–H and O–H groups in total. The Kier molecular flexibility index (Phi) is 4.04.